The van der Waals surface area contributed by atoms with Crippen molar-refractivity contribution < 1.29 is 27.2 Å². The number of carbonyl (C=O) groups excluding carboxylic acids is 2. The first-order valence-electron chi connectivity index (χ1n) is 12.2. The molecule has 4 heterocycles. The maximum absolute atomic E-state index is 13.7. The van der Waals surface area contributed by atoms with E-state index in [-0.39, 0.29) is 52.1 Å². The molecule has 0 unspecified atom stereocenters. The maximum atomic E-state index is 13.7. The first kappa shape index (κ1) is 29.0. The van der Waals surface area contributed by atoms with Crippen LogP contribution in [-0.4, -0.2) is 46.8 Å². The van der Waals surface area contributed by atoms with Gasteiger partial charge in [-0.2, -0.15) is 28.3 Å². The lowest BCUT2D eigenvalue weighted by Gasteiger charge is -2.15. The van der Waals surface area contributed by atoms with Crippen LogP contribution in [0.25, 0.3) is 5.82 Å². The summed E-state index contributed by atoms with van der Waals surface area (Å²) >= 11 is 6.31. The minimum Gasteiger partial charge on any atom is -0.472 e. The molecular weight excluding hydrogens is 593 g/mol. The van der Waals surface area contributed by atoms with Crippen molar-refractivity contribution in [2.24, 2.45) is 0 Å². The quantitative estimate of drug-likeness (QED) is 0.264. The molecular formula is C26H18ClF3N10O3. The number of anilines is 1. The number of rotatable bonds is 8. The third-order valence-electron chi connectivity index (χ3n) is 5.92. The average Bonchev–Trinajstić information content (AvgIpc) is 3.74. The second-order valence-corrected chi connectivity index (χ2v) is 9.39. The van der Waals surface area contributed by atoms with Gasteiger partial charge in [-0.15, -0.1) is 10.2 Å². The van der Waals surface area contributed by atoms with Crippen LogP contribution in [0.5, 0.6) is 0 Å². The molecule has 2 N–H and O–H groups in total. The van der Waals surface area contributed by atoms with Gasteiger partial charge in [0, 0.05) is 18.3 Å². The Kier molecular flexibility index (Phi) is 7.90. The van der Waals surface area contributed by atoms with E-state index in [0.29, 0.717) is 15.9 Å². The molecule has 0 radical (unpaired) electrons. The van der Waals surface area contributed by atoms with Crippen molar-refractivity contribution in [1.82, 2.24) is 40.3 Å². The molecule has 0 saturated carbocycles. The lowest BCUT2D eigenvalue weighted by Crippen LogP contribution is -2.26. The molecule has 4 aromatic heterocycles. The van der Waals surface area contributed by atoms with Crippen molar-refractivity contribution in [2.75, 3.05) is 5.32 Å². The highest BCUT2D eigenvalue weighted by Gasteiger charge is 2.37. The monoisotopic (exact) mass is 610 g/mol. The molecule has 17 heteroatoms. The Morgan fingerprint density at radius 3 is 2.65 bits per heavy atom. The molecule has 5 rings (SSSR count). The minimum atomic E-state index is -4.80. The summed E-state index contributed by atoms with van der Waals surface area (Å²) in [6.45, 7) is 1.36. The van der Waals surface area contributed by atoms with E-state index in [9.17, 15) is 28.0 Å². The zero-order chi connectivity index (χ0) is 30.7. The number of pyridine rings is 1. The second-order valence-electron chi connectivity index (χ2n) is 8.98. The molecule has 0 aliphatic rings. The number of furan rings is 1. The number of halogens is 4. The summed E-state index contributed by atoms with van der Waals surface area (Å²) in [7, 11) is 0. The molecule has 0 spiro atoms. The minimum absolute atomic E-state index is 0.0158. The molecule has 218 valence electrons. The van der Waals surface area contributed by atoms with Gasteiger partial charge < -0.3 is 15.1 Å². The molecule has 0 aliphatic heterocycles. The molecule has 0 atom stereocenters. The van der Waals surface area contributed by atoms with E-state index >= 15 is 0 Å². The highest BCUT2D eigenvalue weighted by atomic mass is 35.5. The van der Waals surface area contributed by atoms with Crippen molar-refractivity contribution in [1.29, 1.82) is 5.26 Å². The zero-order valence-electron chi connectivity index (χ0n) is 21.9. The summed E-state index contributed by atoms with van der Waals surface area (Å²) in [5, 5.41) is 29.0. The van der Waals surface area contributed by atoms with E-state index in [1.54, 1.807) is 19.1 Å². The van der Waals surface area contributed by atoms with Gasteiger partial charge in [-0.05, 0) is 54.1 Å². The molecule has 43 heavy (non-hydrogen) atoms. The molecule has 0 bridgehead atoms. The van der Waals surface area contributed by atoms with Gasteiger partial charge in [0.15, 0.2) is 5.82 Å². The average molecular weight is 611 g/mol. The smallest absolute Gasteiger partial charge is 0.455 e. The van der Waals surface area contributed by atoms with Crippen LogP contribution in [0.15, 0.2) is 59.5 Å². The van der Waals surface area contributed by atoms with Crippen LogP contribution in [0.3, 0.4) is 0 Å². The number of tetrazole rings is 1. The number of nitrogens with zero attached hydrogens (tertiary/aromatic N) is 8. The van der Waals surface area contributed by atoms with Gasteiger partial charge in [-0.3, -0.25) is 9.59 Å². The van der Waals surface area contributed by atoms with Crippen molar-refractivity contribution in [3.05, 3.63) is 99.6 Å². The van der Waals surface area contributed by atoms with Crippen molar-refractivity contribution >= 4 is 29.1 Å². The van der Waals surface area contributed by atoms with Crippen LogP contribution >= 0.6 is 11.6 Å². The standard InChI is InChI=1S/C26H18ClF3N10O3/c1-14-7-16(10-31)8-18(23(41)33-11-15-4-6-43-13-15)21(14)34-24(42)20-9-17(12-39-37-25(35-38-39)26(28,29)30)36-40(20)22-19(27)3-2-5-32-22/h2-9,13H,11-12H2,1H3,(H,33,41)(H,34,42). The van der Waals surface area contributed by atoms with Crippen molar-refractivity contribution in [3.63, 3.8) is 0 Å². The highest BCUT2D eigenvalue weighted by Crippen LogP contribution is 2.27. The third kappa shape index (κ3) is 6.36. The second kappa shape index (κ2) is 11.7. The van der Waals surface area contributed by atoms with Gasteiger partial charge in [0.2, 0.25) is 0 Å². The number of aryl methyl sites for hydroxylation is 1. The normalized spacial score (nSPS) is 11.3. The summed E-state index contributed by atoms with van der Waals surface area (Å²) in [5.41, 5.74) is 1.38. The van der Waals surface area contributed by atoms with Gasteiger partial charge in [0.1, 0.15) is 12.2 Å². The summed E-state index contributed by atoms with van der Waals surface area (Å²) in [6, 6.07) is 10.8. The predicted octanol–water partition coefficient (Wildman–Crippen LogP) is 3.93. The fourth-order valence-corrected chi connectivity index (χ4v) is 4.18. The van der Waals surface area contributed by atoms with Gasteiger partial charge in [-0.25, -0.2) is 9.67 Å². The van der Waals surface area contributed by atoms with Crippen LogP contribution in [-0.2, 0) is 19.3 Å². The summed E-state index contributed by atoms with van der Waals surface area (Å²) in [6.07, 6.45) is -0.481. The van der Waals surface area contributed by atoms with Crippen LogP contribution in [0.1, 0.15) is 49.1 Å². The molecule has 13 nitrogen and oxygen atoms in total. The Bertz CT molecular complexity index is 1860. The molecule has 2 amide bonds. The fraction of sp³-hybridized carbons (Fsp3) is 0.154. The Balaban J connectivity index is 1.50. The topological polar surface area (TPSA) is 169 Å². The van der Waals surface area contributed by atoms with E-state index in [0.717, 1.165) is 4.68 Å². The van der Waals surface area contributed by atoms with Gasteiger partial charge in [0.25, 0.3) is 17.6 Å². The molecule has 0 fully saturated rings. The first-order chi connectivity index (χ1) is 20.5. The summed E-state index contributed by atoms with van der Waals surface area (Å²) in [4.78, 5) is 31.7. The van der Waals surface area contributed by atoms with E-state index in [1.165, 1.54) is 43.0 Å². The Hall–Kier alpha value is -5.56. The first-order valence-corrected chi connectivity index (χ1v) is 12.6. The van der Waals surface area contributed by atoms with Gasteiger partial charge in [0.05, 0.1) is 46.1 Å². The van der Waals surface area contributed by atoms with Gasteiger partial charge in [-0.1, -0.05) is 11.6 Å². The fourth-order valence-electron chi connectivity index (χ4n) is 3.98. The van der Waals surface area contributed by atoms with Crippen LogP contribution in [0.2, 0.25) is 5.02 Å². The highest BCUT2D eigenvalue weighted by molar-refractivity contribution is 6.32. The van der Waals surface area contributed by atoms with Crippen LogP contribution in [0.4, 0.5) is 18.9 Å². The number of alkyl halides is 3. The lowest BCUT2D eigenvalue weighted by atomic mass is 10.0. The lowest BCUT2D eigenvalue weighted by molar-refractivity contribution is -0.145. The number of benzene rings is 1. The van der Waals surface area contributed by atoms with Crippen LogP contribution < -0.4 is 10.6 Å². The van der Waals surface area contributed by atoms with E-state index in [1.807, 2.05) is 6.07 Å². The molecule has 5 aromatic rings. The molecule has 1 aromatic carbocycles. The summed E-state index contributed by atoms with van der Waals surface area (Å²) in [5.74, 6) is -2.72. The van der Waals surface area contributed by atoms with Crippen molar-refractivity contribution in [2.45, 2.75) is 26.2 Å². The number of aromatic nitrogens is 7. The van der Waals surface area contributed by atoms with Crippen molar-refractivity contribution in [3.8, 4) is 11.9 Å². The predicted molar refractivity (Wildman–Crippen MR) is 142 cm³/mol. The number of nitriles is 1. The zero-order valence-corrected chi connectivity index (χ0v) is 22.7. The summed E-state index contributed by atoms with van der Waals surface area (Å²) < 4.78 is 45.0. The van der Waals surface area contributed by atoms with E-state index in [4.69, 9.17) is 16.0 Å². The van der Waals surface area contributed by atoms with Gasteiger partial charge >= 0.3 is 6.18 Å². The Labute approximate surface area is 244 Å². The largest absolute Gasteiger partial charge is 0.472 e. The Morgan fingerprint density at radius 1 is 1.16 bits per heavy atom. The number of hydrogen-bond donors (Lipinski definition) is 2. The Morgan fingerprint density at radius 2 is 1.98 bits per heavy atom. The third-order valence-corrected chi connectivity index (χ3v) is 6.22. The number of carbonyl (C=O) groups is 2. The van der Waals surface area contributed by atoms with Crippen LogP contribution in [0, 0.1) is 18.3 Å². The SMILES string of the molecule is Cc1cc(C#N)cc(C(=O)NCc2ccoc2)c1NC(=O)c1cc(Cn2nnc(C(F)(F)F)n2)nn1-c1ncccc1Cl. The molecule has 0 aliphatic carbocycles. The number of nitrogens with one attached hydrogen (secondary N) is 2. The van der Waals surface area contributed by atoms with E-state index < -0.39 is 23.8 Å². The maximum Gasteiger partial charge on any atom is 0.455 e. The number of hydrogen-bond acceptors (Lipinski definition) is 9. The van der Waals surface area contributed by atoms with E-state index in [2.05, 4.69) is 36.1 Å². The number of amides is 2. The molecule has 0 saturated heterocycles.